The summed E-state index contributed by atoms with van der Waals surface area (Å²) in [4.78, 5) is 27.0. The molecule has 1 amide bonds. The van der Waals surface area contributed by atoms with E-state index in [1.807, 2.05) is 0 Å². The predicted octanol–water partition coefficient (Wildman–Crippen LogP) is 3.84. The van der Waals surface area contributed by atoms with Gasteiger partial charge in [-0.2, -0.15) is 0 Å². The van der Waals surface area contributed by atoms with Crippen molar-refractivity contribution in [2.75, 3.05) is 32.8 Å². The highest BCUT2D eigenvalue weighted by Gasteiger charge is 2.34. The Morgan fingerprint density at radius 2 is 1.94 bits per heavy atom. The Morgan fingerprint density at radius 1 is 1.17 bits per heavy atom. The van der Waals surface area contributed by atoms with E-state index in [9.17, 15) is 14.8 Å². The molecule has 2 aliphatic heterocycles. The van der Waals surface area contributed by atoms with Crippen molar-refractivity contribution in [3.8, 4) is 11.5 Å². The molecule has 2 aromatic carbocycles. The van der Waals surface area contributed by atoms with E-state index in [0.29, 0.717) is 58.7 Å². The average molecular weight is 500 g/mol. The minimum Gasteiger partial charge on any atom is -0.486 e. The first-order chi connectivity index (χ1) is 16.9. The molecule has 1 fully saturated rings. The SMILES string of the molecule is CC1CN(CC(NC(=O)C(N=O)c2cc3cc(Cl)ccc3o2)C(O)c2ccc3c(c2)OCCO3)C1. The van der Waals surface area contributed by atoms with Crippen LogP contribution in [-0.2, 0) is 4.79 Å². The molecule has 3 aromatic rings. The summed E-state index contributed by atoms with van der Waals surface area (Å²) in [6, 6.07) is 9.69. The van der Waals surface area contributed by atoms with E-state index in [-0.39, 0.29) is 5.76 Å². The van der Waals surface area contributed by atoms with Crippen LogP contribution in [0.25, 0.3) is 11.0 Å². The number of hydrogen-bond donors (Lipinski definition) is 2. The molecule has 0 spiro atoms. The largest absolute Gasteiger partial charge is 0.486 e. The van der Waals surface area contributed by atoms with Crippen molar-refractivity contribution in [3.05, 3.63) is 63.7 Å². The molecule has 0 aliphatic carbocycles. The molecular formula is C25H26ClN3O6. The Morgan fingerprint density at radius 3 is 2.69 bits per heavy atom. The fourth-order valence-electron chi connectivity index (χ4n) is 4.62. The lowest BCUT2D eigenvalue weighted by atomic mass is 9.97. The van der Waals surface area contributed by atoms with Crippen LogP contribution < -0.4 is 14.8 Å². The number of nitroso groups, excluding NO2 is 1. The van der Waals surface area contributed by atoms with Gasteiger partial charge in [-0.3, -0.25) is 4.79 Å². The van der Waals surface area contributed by atoms with Crippen LogP contribution in [0, 0.1) is 10.8 Å². The average Bonchev–Trinajstić information content (AvgIpc) is 3.24. The van der Waals surface area contributed by atoms with Gasteiger partial charge < -0.3 is 29.2 Å². The number of aliphatic hydroxyl groups is 1. The fraction of sp³-hybridized carbons (Fsp3) is 0.400. The van der Waals surface area contributed by atoms with Gasteiger partial charge in [0.1, 0.15) is 30.7 Å². The summed E-state index contributed by atoms with van der Waals surface area (Å²) in [5.74, 6) is 1.16. The lowest BCUT2D eigenvalue weighted by Crippen LogP contribution is -2.54. The summed E-state index contributed by atoms with van der Waals surface area (Å²) in [7, 11) is 0. The van der Waals surface area contributed by atoms with E-state index in [4.69, 9.17) is 25.5 Å². The summed E-state index contributed by atoms with van der Waals surface area (Å²) >= 11 is 6.03. The number of aliphatic hydroxyl groups excluding tert-OH is 1. The van der Waals surface area contributed by atoms with Crippen LogP contribution >= 0.6 is 11.6 Å². The van der Waals surface area contributed by atoms with Gasteiger partial charge >= 0.3 is 0 Å². The molecule has 9 nitrogen and oxygen atoms in total. The van der Waals surface area contributed by atoms with Crippen molar-refractivity contribution >= 4 is 28.5 Å². The fourth-order valence-corrected chi connectivity index (χ4v) is 4.80. The smallest absolute Gasteiger partial charge is 0.256 e. The van der Waals surface area contributed by atoms with E-state index >= 15 is 0 Å². The van der Waals surface area contributed by atoms with E-state index < -0.39 is 24.1 Å². The summed E-state index contributed by atoms with van der Waals surface area (Å²) in [5.41, 5.74) is 1.07. The minimum atomic E-state index is -1.41. The molecule has 2 N–H and O–H groups in total. The third-order valence-electron chi connectivity index (χ3n) is 6.33. The van der Waals surface area contributed by atoms with E-state index in [2.05, 4.69) is 22.3 Å². The lowest BCUT2D eigenvalue weighted by molar-refractivity contribution is -0.124. The number of halogens is 1. The molecule has 2 aliphatic rings. The summed E-state index contributed by atoms with van der Waals surface area (Å²) in [6.07, 6.45) is -1.05. The first-order valence-electron chi connectivity index (χ1n) is 11.5. The Labute approximate surface area is 206 Å². The highest BCUT2D eigenvalue weighted by molar-refractivity contribution is 6.31. The first kappa shape index (κ1) is 23.6. The summed E-state index contributed by atoms with van der Waals surface area (Å²) in [6.45, 7) is 5.16. The number of carbonyl (C=O) groups excluding carboxylic acids is 1. The van der Waals surface area contributed by atoms with Gasteiger partial charge in [0.25, 0.3) is 5.91 Å². The maximum absolute atomic E-state index is 13.2. The number of rotatable bonds is 8. The molecule has 0 bridgehead atoms. The Kier molecular flexibility index (Phi) is 6.64. The number of carbonyl (C=O) groups is 1. The third-order valence-corrected chi connectivity index (χ3v) is 6.57. The summed E-state index contributed by atoms with van der Waals surface area (Å²) < 4.78 is 16.9. The second-order valence-electron chi connectivity index (χ2n) is 9.13. The number of hydrogen-bond acceptors (Lipinski definition) is 8. The molecule has 3 heterocycles. The van der Waals surface area contributed by atoms with Crippen molar-refractivity contribution in [1.29, 1.82) is 0 Å². The van der Waals surface area contributed by atoms with Gasteiger partial charge in [-0.1, -0.05) is 24.6 Å². The van der Waals surface area contributed by atoms with Crippen LogP contribution in [0.15, 0.2) is 52.1 Å². The molecule has 1 aromatic heterocycles. The number of fused-ring (bicyclic) bond motifs is 2. The number of nitrogens with one attached hydrogen (secondary N) is 1. The lowest BCUT2D eigenvalue weighted by Gasteiger charge is -2.40. The molecule has 3 unspecified atom stereocenters. The molecule has 0 radical (unpaired) electrons. The van der Waals surface area contributed by atoms with Gasteiger partial charge in [0.05, 0.1) is 6.04 Å². The number of amides is 1. The second kappa shape index (κ2) is 9.85. The van der Waals surface area contributed by atoms with Crippen molar-refractivity contribution in [1.82, 2.24) is 10.2 Å². The number of furan rings is 1. The van der Waals surface area contributed by atoms with Crippen LogP contribution in [0.3, 0.4) is 0 Å². The maximum Gasteiger partial charge on any atom is 0.256 e. The number of likely N-dealkylation sites (tertiary alicyclic amines) is 1. The van der Waals surface area contributed by atoms with E-state index in [1.54, 1.807) is 42.5 Å². The van der Waals surface area contributed by atoms with Gasteiger partial charge in [0.2, 0.25) is 6.04 Å². The first-order valence-corrected chi connectivity index (χ1v) is 11.9. The molecule has 0 saturated carbocycles. The Balaban J connectivity index is 1.37. The third kappa shape index (κ3) is 4.98. The van der Waals surface area contributed by atoms with Gasteiger partial charge in [-0.05, 0) is 53.1 Å². The number of ether oxygens (including phenoxy) is 2. The zero-order valence-electron chi connectivity index (χ0n) is 19.1. The van der Waals surface area contributed by atoms with Gasteiger partial charge in [-0.25, -0.2) is 0 Å². The van der Waals surface area contributed by atoms with Crippen LogP contribution in [0.4, 0.5) is 0 Å². The molecule has 5 rings (SSSR count). The highest BCUT2D eigenvalue weighted by Crippen LogP contribution is 2.34. The maximum atomic E-state index is 13.2. The highest BCUT2D eigenvalue weighted by atomic mass is 35.5. The normalized spacial score (nSPS) is 18.5. The van der Waals surface area contributed by atoms with E-state index in [1.165, 1.54) is 0 Å². The van der Waals surface area contributed by atoms with E-state index in [0.717, 1.165) is 13.1 Å². The van der Waals surface area contributed by atoms with Gasteiger partial charge in [-0.15, -0.1) is 4.91 Å². The molecule has 3 atom stereocenters. The molecule has 10 heteroatoms. The molecule has 1 saturated heterocycles. The number of benzene rings is 2. The van der Waals surface area contributed by atoms with Crippen molar-refractivity contribution in [3.63, 3.8) is 0 Å². The van der Waals surface area contributed by atoms with Crippen LogP contribution in [0.5, 0.6) is 11.5 Å². The van der Waals surface area contributed by atoms with Crippen LogP contribution in [-0.4, -0.2) is 54.8 Å². The van der Waals surface area contributed by atoms with Crippen LogP contribution in [0.2, 0.25) is 5.02 Å². The van der Waals surface area contributed by atoms with Crippen molar-refractivity contribution in [2.24, 2.45) is 11.1 Å². The van der Waals surface area contributed by atoms with Crippen molar-refractivity contribution < 1.29 is 23.8 Å². The molecule has 35 heavy (non-hydrogen) atoms. The monoisotopic (exact) mass is 499 g/mol. The van der Waals surface area contributed by atoms with Crippen molar-refractivity contribution in [2.45, 2.75) is 25.1 Å². The zero-order valence-corrected chi connectivity index (χ0v) is 19.9. The standard InChI is InChI=1S/C25H26ClN3O6/c1-14-11-29(12-14)13-18(24(30)15-2-4-20-21(9-15)34-7-6-33-20)27-25(31)23(28-32)22-10-16-8-17(26)3-5-19(16)35-22/h2-5,8-10,14,18,23-24,30H,6-7,11-13H2,1H3,(H,27,31). The number of nitrogens with zero attached hydrogens (tertiary/aromatic N) is 2. The molecular weight excluding hydrogens is 474 g/mol. The Bertz CT molecular complexity index is 1240. The minimum absolute atomic E-state index is 0.111. The zero-order chi connectivity index (χ0) is 24.5. The van der Waals surface area contributed by atoms with Gasteiger partial charge in [0.15, 0.2) is 11.5 Å². The summed E-state index contributed by atoms with van der Waals surface area (Å²) in [5, 5.41) is 18.3. The Hall–Kier alpha value is -3.14. The van der Waals surface area contributed by atoms with Gasteiger partial charge in [0, 0.05) is 30.0 Å². The quantitative estimate of drug-likeness (QED) is 0.453. The topological polar surface area (TPSA) is 114 Å². The van der Waals surface area contributed by atoms with Crippen LogP contribution in [0.1, 0.15) is 30.4 Å². The molecule has 184 valence electrons. The predicted molar refractivity (Wildman–Crippen MR) is 130 cm³/mol. The second-order valence-corrected chi connectivity index (χ2v) is 9.56.